The second-order valence-electron chi connectivity index (χ2n) is 11.4. The fourth-order valence-electron chi connectivity index (χ4n) is 5.53. The Balaban J connectivity index is 0.000000537. The van der Waals surface area contributed by atoms with Gasteiger partial charge in [-0.25, -0.2) is 28.2 Å². The number of fused-ring (bicyclic) bond motifs is 1. The molecule has 3 aliphatic rings. The molecule has 0 unspecified atom stereocenters. The van der Waals surface area contributed by atoms with Crippen LogP contribution in [0.5, 0.6) is 0 Å². The lowest BCUT2D eigenvalue weighted by molar-refractivity contribution is -0.192. The number of ether oxygens (including phenoxy) is 1. The number of sulfonamides is 1. The van der Waals surface area contributed by atoms with Crippen molar-refractivity contribution in [3.05, 3.63) is 42.7 Å². The molecule has 3 aromatic rings. The van der Waals surface area contributed by atoms with Crippen molar-refractivity contribution in [3.63, 3.8) is 0 Å². The van der Waals surface area contributed by atoms with Crippen LogP contribution >= 0.6 is 0 Å². The highest BCUT2D eigenvalue weighted by molar-refractivity contribution is 7.89. The van der Waals surface area contributed by atoms with Gasteiger partial charge in [-0.05, 0) is 49.1 Å². The molecule has 0 spiro atoms. The smallest absolute Gasteiger partial charge is 0.475 e. The maximum Gasteiger partial charge on any atom is 0.490 e. The molecule has 1 saturated carbocycles. The van der Waals surface area contributed by atoms with Gasteiger partial charge in [0.2, 0.25) is 10.0 Å². The van der Waals surface area contributed by atoms with Crippen LogP contribution in [0, 0.1) is 5.92 Å². The zero-order valence-corrected chi connectivity index (χ0v) is 26.1. The van der Waals surface area contributed by atoms with Crippen molar-refractivity contribution in [3.8, 4) is 0 Å². The van der Waals surface area contributed by atoms with Gasteiger partial charge >= 0.3 is 12.1 Å². The highest BCUT2D eigenvalue weighted by Gasteiger charge is 2.38. The topological polar surface area (TPSA) is 141 Å². The number of aliphatic carboxylic acids is 1. The number of hydrogen-bond acceptors (Lipinski definition) is 10. The Morgan fingerprint density at radius 1 is 0.957 bits per heavy atom. The Morgan fingerprint density at radius 3 is 2.22 bits per heavy atom. The fraction of sp³-hybridized carbons (Fsp3) is 0.533. The molecule has 250 valence electrons. The van der Waals surface area contributed by atoms with Crippen molar-refractivity contribution >= 4 is 44.3 Å². The number of alkyl halides is 3. The Kier molecular flexibility index (Phi) is 10.8. The van der Waals surface area contributed by atoms with Crippen LogP contribution in [0.2, 0.25) is 0 Å². The summed E-state index contributed by atoms with van der Waals surface area (Å²) < 4.78 is 65.7. The van der Waals surface area contributed by atoms with E-state index in [4.69, 9.17) is 19.6 Å². The van der Waals surface area contributed by atoms with Crippen molar-refractivity contribution in [2.45, 2.75) is 43.2 Å². The van der Waals surface area contributed by atoms with Gasteiger partial charge in [-0.2, -0.15) is 17.5 Å². The summed E-state index contributed by atoms with van der Waals surface area (Å²) >= 11 is 0. The highest BCUT2D eigenvalue weighted by Crippen LogP contribution is 2.30. The van der Waals surface area contributed by atoms with Gasteiger partial charge in [0.15, 0.2) is 0 Å². The minimum absolute atomic E-state index is 0.308. The molecule has 4 heterocycles. The molecule has 1 aliphatic carbocycles. The van der Waals surface area contributed by atoms with Crippen molar-refractivity contribution in [2.75, 3.05) is 74.1 Å². The molecule has 2 aliphatic heterocycles. The van der Waals surface area contributed by atoms with Gasteiger partial charge in [0.05, 0.1) is 23.6 Å². The normalized spacial score (nSPS) is 18.1. The molecule has 0 bridgehead atoms. The van der Waals surface area contributed by atoms with Gasteiger partial charge in [-0.3, -0.25) is 0 Å². The predicted molar refractivity (Wildman–Crippen MR) is 167 cm³/mol. The third-order valence-electron chi connectivity index (χ3n) is 8.40. The largest absolute Gasteiger partial charge is 0.490 e. The number of pyridine rings is 1. The lowest BCUT2D eigenvalue weighted by Gasteiger charge is -2.35. The average molecular weight is 666 g/mol. The predicted octanol–water partition coefficient (Wildman–Crippen LogP) is 4.00. The molecule has 16 heteroatoms. The number of rotatable bonds is 9. The first-order valence-electron chi connectivity index (χ1n) is 15.4. The van der Waals surface area contributed by atoms with E-state index in [1.54, 1.807) is 22.8 Å². The Hall–Kier alpha value is -3.76. The third kappa shape index (κ3) is 8.53. The van der Waals surface area contributed by atoms with Crippen LogP contribution in [0.3, 0.4) is 0 Å². The fourth-order valence-corrected chi connectivity index (χ4v) is 6.99. The molecule has 46 heavy (non-hydrogen) atoms. The minimum Gasteiger partial charge on any atom is -0.475 e. The van der Waals surface area contributed by atoms with E-state index in [1.807, 2.05) is 24.3 Å². The van der Waals surface area contributed by atoms with Crippen LogP contribution < -0.4 is 15.1 Å². The summed E-state index contributed by atoms with van der Waals surface area (Å²) in [6, 6.07) is 11.1. The number of carboxylic acids is 1. The number of carboxylic acid groups (broad SMARTS) is 1. The molecule has 3 fully saturated rings. The van der Waals surface area contributed by atoms with Crippen molar-refractivity contribution in [1.82, 2.24) is 19.3 Å². The van der Waals surface area contributed by atoms with E-state index in [2.05, 4.69) is 25.1 Å². The Bertz CT molecular complexity index is 1590. The second kappa shape index (κ2) is 14.8. The molecular weight excluding hydrogens is 627 g/mol. The number of halogens is 3. The number of nitrogens with one attached hydrogen (secondary N) is 1. The van der Waals surface area contributed by atoms with Crippen molar-refractivity contribution in [1.29, 1.82) is 0 Å². The number of anilines is 3. The highest BCUT2D eigenvalue weighted by atomic mass is 32.2. The minimum atomic E-state index is -5.08. The summed E-state index contributed by atoms with van der Waals surface area (Å²) in [6.45, 7) is 5.87. The maximum atomic E-state index is 13.5. The lowest BCUT2D eigenvalue weighted by atomic mass is 9.82. The van der Waals surface area contributed by atoms with E-state index < -0.39 is 22.2 Å². The van der Waals surface area contributed by atoms with Crippen LogP contribution in [0.1, 0.15) is 32.1 Å². The summed E-state index contributed by atoms with van der Waals surface area (Å²) in [7, 11) is -3.61. The number of piperazine rings is 1. The van der Waals surface area contributed by atoms with Crippen molar-refractivity contribution < 1.29 is 36.2 Å². The number of benzene rings is 1. The molecular formula is C30H38F3N7O5S. The molecule has 1 aromatic carbocycles. The summed E-state index contributed by atoms with van der Waals surface area (Å²) in [5.74, 6) is 0.708. The number of aromatic nitrogens is 3. The number of morpholine rings is 1. The van der Waals surface area contributed by atoms with E-state index in [9.17, 15) is 21.6 Å². The zero-order chi connectivity index (χ0) is 32.7. The van der Waals surface area contributed by atoms with Crippen molar-refractivity contribution in [2.24, 2.45) is 5.92 Å². The van der Waals surface area contributed by atoms with Crippen LogP contribution in [0.15, 0.2) is 47.6 Å². The average Bonchev–Trinajstić information content (AvgIpc) is 3.04. The second-order valence-corrected chi connectivity index (χ2v) is 13.4. The lowest BCUT2D eigenvalue weighted by Crippen LogP contribution is -2.49. The van der Waals surface area contributed by atoms with Crippen LogP contribution in [-0.4, -0.2) is 104 Å². The van der Waals surface area contributed by atoms with E-state index in [-0.39, 0.29) is 0 Å². The number of carbonyl (C=O) groups is 1. The van der Waals surface area contributed by atoms with E-state index >= 15 is 0 Å². The first kappa shape index (κ1) is 33.6. The van der Waals surface area contributed by atoms with E-state index in [1.165, 1.54) is 25.7 Å². The summed E-state index contributed by atoms with van der Waals surface area (Å²) in [4.78, 5) is 27.1. The molecule has 6 rings (SSSR count). The van der Waals surface area contributed by atoms with Crippen LogP contribution in [0.4, 0.5) is 30.6 Å². The summed E-state index contributed by atoms with van der Waals surface area (Å²) in [6.07, 6.45) is 3.09. The first-order chi connectivity index (χ1) is 22.0. The van der Waals surface area contributed by atoms with Gasteiger partial charge in [0.25, 0.3) is 0 Å². The Labute approximate surface area is 265 Å². The first-order valence-corrected chi connectivity index (χ1v) is 16.8. The third-order valence-corrected chi connectivity index (χ3v) is 10.3. The molecule has 0 radical (unpaired) electrons. The summed E-state index contributed by atoms with van der Waals surface area (Å²) in [5.41, 5.74) is 0.794. The standard InChI is InChI=1S/C28H37N7O3S.C2HF3O2/c36-39(37,24-7-8-25-23(19-24)6-9-26(32-25)29-10-2-5-22-3-1-4-22)35-13-11-33(12-14-35)27-20-28(31-21-30-27)34-15-17-38-18-16-34;3-2(4,5)1(6)7/h6-9,19-22H,1-5,10-18H2,(H,29,32);(H,6,7). The van der Waals surface area contributed by atoms with Crippen LogP contribution in [-0.2, 0) is 19.6 Å². The zero-order valence-electron chi connectivity index (χ0n) is 25.3. The van der Waals surface area contributed by atoms with E-state index in [0.29, 0.717) is 44.3 Å². The quantitative estimate of drug-likeness (QED) is 0.321. The molecule has 2 aromatic heterocycles. The molecule has 0 atom stereocenters. The number of hydrogen-bond donors (Lipinski definition) is 2. The van der Waals surface area contributed by atoms with Crippen LogP contribution in [0.25, 0.3) is 10.9 Å². The van der Waals surface area contributed by atoms with Gasteiger partial charge in [0.1, 0.15) is 23.8 Å². The van der Waals surface area contributed by atoms with Gasteiger partial charge in [-0.1, -0.05) is 19.3 Å². The van der Waals surface area contributed by atoms with E-state index in [0.717, 1.165) is 60.3 Å². The van der Waals surface area contributed by atoms with Gasteiger partial charge in [-0.15, -0.1) is 0 Å². The molecule has 2 N–H and O–H groups in total. The SMILES string of the molecule is O=C(O)C(F)(F)F.O=S(=O)(c1ccc2nc(NCCCC3CCC3)ccc2c1)N1CCN(c2cc(N3CCOCC3)ncn2)CC1. The monoisotopic (exact) mass is 665 g/mol. The summed E-state index contributed by atoms with van der Waals surface area (Å²) in [5, 5.41) is 11.4. The molecule has 12 nitrogen and oxygen atoms in total. The maximum absolute atomic E-state index is 13.5. The molecule has 0 amide bonds. The molecule has 2 saturated heterocycles. The van der Waals surface area contributed by atoms with Gasteiger partial charge < -0.3 is 25.0 Å². The van der Waals surface area contributed by atoms with Gasteiger partial charge in [0, 0.05) is 57.3 Å². The Morgan fingerprint density at radius 2 is 1.61 bits per heavy atom. The number of nitrogens with zero attached hydrogens (tertiary/aromatic N) is 6.